The van der Waals surface area contributed by atoms with Gasteiger partial charge in [-0.1, -0.05) is 0 Å². The number of rotatable bonds is 10. The first-order valence-corrected chi connectivity index (χ1v) is 4.56. The third kappa shape index (κ3) is 11.8. The molecule has 0 bridgehead atoms. The molecule has 80 valence electrons. The van der Waals surface area contributed by atoms with Crippen LogP contribution in [-0.2, 0) is 14.3 Å². The molecule has 0 aliphatic carbocycles. The third-order valence-corrected chi connectivity index (χ3v) is 1.34. The zero-order chi connectivity index (χ0) is 9.78. The molecule has 0 atom stereocenters. The van der Waals surface area contributed by atoms with Crippen LogP contribution in [0.2, 0.25) is 0 Å². The van der Waals surface area contributed by atoms with Crippen LogP contribution in [0.3, 0.4) is 0 Å². The fraction of sp³-hybridized carbons (Fsp3) is 1.00. The maximum absolute atomic E-state index is 5.29. The average molecular weight is 192 g/mol. The van der Waals surface area contributed by atoms with Crippen molar-refractivity contribution in [1.29, 1.82) is 0 Å². The summed E-state index contributed by atoms with van der Waals surface area (Å²) in [7, 11) is 1.72. The molecule has 0 unspecified atom stereocenters. The van der Waals surface area contributed by atoms with Crippen molar-refractivity contribution in [3.63, 3.8) is 0 Å². The number of hydrogen-bond donors (Lipinski definition) is 2. The number of ether oxygens (including phenoxy) is 2. The van der Waals surface area contributed by atoms with E-state index < -0.39 is 0 Å². The Hall–Kier alpha value is -0.200. The van der Waals surface area contributed by atoms with Gasteiger partial charge in [-0.15, -0.1) is 0 Å². The SMILES string of the molecule is CNOCCOCCOCCCN. The Morgan fingerprint density at radius 1 is 1.00 bits per heavy atom. The molecule has 0 aromatic carbocycles. The Balaban J connectivity index is 2.76. The van der Waals surface area contributed by atoms with Gasteiger partial charge in [-0.3, -0.25) is 4.84 Å². The van der Waals surface area contributed by atoms with Crippen LogP contribution < -0.4 is 11.2 Å². The minimum atomic E-state index is 0.555. The summed E-state index contributed by atoms with van der Waals surface area (Å²) in [5.41, 5.74) is 7.85. The molecule has 0 aliphatic rings. The Morgan fingerprint density at radius 2 is 1.62 bits per heavy atom. The highest BCUT2D eigenvalue weighted by molar-refractivity contribution is 4.36. The molecule has 0 saturated carbocycles. The second kappa shape index (κ2) is 11.8. The van der Waals surface area contributed by atoms with E-state index in [1.807, 2.05) is 0 Å². The zero-order valence-electron chi connectivity index (χ0n) is 8.25. The molecular formula is C8H20N2O3. The van der Waals surface area contributed by atoms with E-state index in [0.29, 0.717) is 39.6 Å². The summed E-state index contributed by atoms with van der Waals surface area (Å²) in [6.07, 6.45) is 0.906. The third-order valence-electron chi connectivity index (χ3n) is 1.34. The molecule has 0 radical (unpaired) electrons. The summed E-state index contributed by atoms with van der Waals surface area (Å²) < 4.78 is 10.4. The maximum atomic E-state index is 5.29. The number of nitrogens with one attached hydrogen (secondary N) is 1. The predicted molar refractivity (Wildman–Crippen MR) is 50.3 cm³/mol. The summed E-state index contributed by atoms with van der Waals surface area (Å²) in [6.45, 7) is 3.77. The van der Waals surface area contributed by atoms with Gasteiger partial charge >= 0.3 is 0 Å². The van der Waals surface area contributed by atoms with Gasteiger partial charge in [-0.05, 0) is 13.0 Å². The van der Waals surface area contributed by atoms with E-state index in [4.69, 9.17) is 20.0 Å². The summed E-state index contributed by atoms with van der Waals surface area (Å²) in [6, 6.07) is 0. The molecule has 0 fully saturated rings. The van der Waals surface area contributed by atoms with Crippen molar-refractivity contribution in [2.24, 2.45) is 5.73 Å². The highest BCUT2D eigenvalue weighted by Gasteiger charge is 1.89. The summed E-state index contributed by atoms with van der Waals surface area (Å²) >= 11 is 0. The zero-order valence-corrected chi connectivity index (χ0v) is 8.25. The fourth-order valence-electron chi connectivity index (χ4n) is 0.710. The monoisotopic (exact) mass is 192 g/mol. The van der Waals surface area contributed by atoms with Crippen LogP contribution in [0.1, 0.15) is 6.42 Å². The smallest absolute Gasteiger partial charge is 0.0915 e. The second-order valence-electron chi connectivity index (χ2n) is 2.42. The van der Waals surface area contributed by atoms with Gasteiger partial charge in [-0.2, -0.15) is 0 Å². The van der Waals surface area contributed by atoms with E-state index in [1.165, 1.54) is 0 Å². The highest BCUT2D eigenvalue weighted by atomic mass is 16.7. The number of nitrogens with two attached hydrogens (primary N) is 1. The van der Waals surface area contributed by atoms with Crippen LogP contribution in [0.15, 0.2) is 0 Å². The maximum Gasteiger partial charge on any atom is 0.0915 e. The molecule has 0 aromatic rings. The summed E-state index contributed by atoms with van der Waals surface area (Å²) in [5.74, 6) is 0. The van der Waals surface area contributed by atoms with Gasteiger partial charge in [0.05, 0.1) is 26.4 Å². The number of hydrogen-bond acceptors (Lipinski definition) is 5. The summed E-state index contributed by atoms with van der Waals surface area (Å²) in [4.78, 5) is 4.85. The van der Waals surface area contributed by atoms with Gasteiger partial charge in [0, 0.05) is 13.7 Å². The Morgan fingerprint density at radius 3 is 2.23 bits per heavy atom. The van der Waals surface area contributed by atoms with E-state index in [1.54, 1.807) is 7.05 Å². The van der Waals surface area contributed by atoms with Crippen molar-refractivity contribution < 1.29 is 14.3 Å². The lowest BCUT2D eigenvalue weighted by Gasteiger charge is -2.05. The molecule has 0 amide bonds. The van der Waals surface area contributed by atoms with Crippen LogP contribution in [0.5, 0.6) is 0 Å². The fourth-order valence-corrected chi connectivity index (χ4v) is 0.710. The quantitative estimate of drug-likeness (QED) is 0.361. The van der Waals surface area contributed by atoms with E-state index in [-0.39, 0.29) is 0 Å². The first-order valence-electron chi connectivity index (χ1n) is 4.56. The molecular weight excluding hydrogens is 172 g/mol. The van der Waals surface area contributed by atoms with Crippen molar-refractivity contribution in [2.75, 3.05) is 46.6 Å². The first-order chi connectivity index (χ1) is 6.41. The van der Waals surface area contributed by atoms with Crippen molar-refractivity contribution in [2.45, 2.75) is 6.42 Å². The average Bonchev–Trinajstić information content (AvgIpc) is 2.16. The lowest BCUT2D eigenvalue weighted by Crippen LogP contribution is -2.15. The van der Waals surface area contributed by atoms with Gasteiger partial charge in [0.2, 0.25) is 0 Å². The van der Waals surface area contributed by atoms with Crippen LogP contribution in [0.4, 0.5) is 0 Å². The largest absolute Gasteiger partial charge is 0.379 e. The van der Waals surface area contributed by atoms with E-state index in [2.05, 4.69) is 5.48 Å². The molecule has 0 aromatic heterocycles. The second-order valence-corrected chi connectivity index (χ2v) is 2.42. The van der Waals surface area contributed by atoms with Gasteiger partial charge < -0.3 is 15.2 Å². The predicted octanol–water partition coefficient (Wildman–Crippen LogP) is -0.481. The molecule has 3 N–H and O–H groups in total. The Bertz CT molecular complexity index is 83.5. The van der Waals surface area contributed by atoms with Crippen molar-refractivity contribution in [3.05, 3.63) is 0 Å². The van der Waals surface area contributed by atoms with Crippen LogP contribution in [-0.4, -0.2) is 46.6 Å². The van der Waals surface area contributed by atoms with Gasteiger partial charge in [0.15, 0.2) is 0 Å². The topological polar surface area (TPSA) is 65.7 Å². The molecule has 0 spiro atoms. The van der Waals surface area contributed by atoms with Gasteiger partial charge in [-0.25, -0.2) is 5.48 Å². The normalized spacial score (nSPS) is 10.6. The molecule has 0 rings (SSSR count). The summed E-state index contributed by atoms with van der Waals surface area (Å²) in [5, 5.41) is 0. The minimum absolute atomic E-state index is 0.555. The van der Waals surface area contributed by atoms with E-state index in [0.717, 1.165) is 6.42 Å². The highest BCUT2D eigenvalue weighted by Crippen LogP contribution is 1.81. The molecule has 0 heterocycles. The van der Waals surface area contributed by atoms with Crippen molar-refractivity contribution in [3.8, 4) is 0 Å². The van der Waals surface area contributed by atoms with Gasteiger partial charge in [0.1, 0.15) is 0 Å². The first kappa shape index (κ1) is 12.8. The Labute approximate surface area is 79.5 Å². The Kier molecular flexibility index (Phi) is 11.6. The molecule has 5 nitrogen and oxygen atoms in total. The lowest BCUT2D eigenvalue weighted by atomic mass is 10.5. The minimum Gasteiger partial charge on any atom is -0.379 e. The molecule has 0 saturated heterocycles. The van der Waals surface area contributed by atoms with Crippen molar-refractivity contribution >= 4 is 0 Å². The van der Waals surface area contributed by atoms with Crippen LogP contribution in [0, 0.1) is 0 Å². The van der Waals surface area contributed by atoms with Gasteiger partial charge in [0.25, 0.3) is 0 Å². The van der Waals surface area contributed by atoms with Crippen molar-refractivity contribution in [1.82, 2.24) is 5.48 Å². The lowest BCUT2D eigenvalue weighted by molar-refractivity contribution is -0.0111. The van der Waals surface area contributed by atoms with Crippen LogP contribution >= 0.6 is 0 Å². The molecule has 5 heteroatoms. The molecule has 0 aliphatic heterocycles. The standard InChI is InChI=1S/C8H20N2O3/c1-10-13-8-7-12-6-5-11-4-2-3-9/h10H,2-9H2,1H3. The number of hydroxylamine groups is 1. The van der Waals surface area contributed by atoms with E-state index >= 15 is 0 Å². The van der Waals surface area contributed by atoms with Crippen LogP contribution in [0.25, 0.3) is 0 Å². The van der Waals surface area contributed by atoms with E-state index in [9.17, 15) is 0 Å². The molecule has 13 heavy (non-hydrogen) atoms.